The molecule has 0 saturated heterocycles. The third-order valence-corrected chi connectivity index (χ3v) is 4.91. The molecule has 178 valence electrons. The molecule has 0 aliphatic carbocycles. The van der Waals surface area contributed by atoms with Gasteiger partial charge in [0.25, 0.3) is 0 Å². The van der Waals surface area contributed by atoms with Crippen LogP contribution in [0.3, 0.4) is 0 Å². The molecule has 2 rings (SSSR count). The van der Waals surface area contributed by atoms with E-state index in [-0.39, 0.29) is 17.1 Å². The Morgan fingerprint density at radius 1 is 0.727 bits per heavy atom. The number of rotatable bonds is 10. The van der Waals surface area contributed by atoms with Crippen LogP contribution in [0.4, 0.5) is 0 Å². The zero-order valence-corrected chi connectivity index (χ0v) is 20.1. The van der Waals surface area contributed by atoms with Crippen molar-refractivity contribution in [2.45, 2.75) is 0 Å². The van der Waals surface area contributed by atoms with Gasteiger partial charge in [-0.05, 0) is 42.0 Å². The monoisotopic (exact) mass is 516 g/mol. The lowest BCUT2D eigenvalue weighted by Gasteiger charge is -2.12. The Kier molecular flexibility index (Phi) is 8.06. The summed E-state index contributed by atoms with van der Waals surface area (Å²) in [7, 11) is -11.7. The summed E-state index contributed by atoms with van der Waals surface area (Å²) in [6.07, 6.45) is 7.38. The van der Waals surface area contributed by atoms with Gasteiger partial charge in [0.05, 0.1) is 18.8 Å². The quantitative estimate of drug-likeness (QED) is 0.339. The van der Waals surface area contributed by atoms with Crippen LogP contribution in [-0.4, -0.2) is 49.8 Å². The Morgan fingerprint density at radius 3 is 1.91 bits per heavy atom. The van der Waals surface area contributed by atoms with Crippen molar-refractivity contribution in [3.05, 3.63) is 65.7 Å². The maximum absolute atomic E-state index is 12.2. The molecule has 0 N–H and O–H groups in total. The highest BCUT2D eigenvalue weighted by Crippen LogP contribution is 2.34. The molecule has 0 amide bonds. The van der Waals surface area contributed by atoms with E-state index in [2.05, 4.69) is 0 Å². The average Bonchev–Trinajstić information content (AvgIpc) is 2.63. The third kappa shape index (κ3) is 9.89. The molecule has 33 heavy (non-hydrogen) atoms. The molecule has 0 radical (unpaired) electrons. The van der Waals surface area contributed by atoms with E-state index in [1.165, 1.54) is 48.6 Å². The minimum absolute atomic E-state index is 0.0758. The van der Waals surface area contributed by atoms with E-state index in [4.69, 9.17) is 12.5 Å². The summed E-state index contributed by atoms with van der Waals surface area (Å²) in [6.45, 7) is 0. The van der Waals surface area contributed by atoms with E-state index in [0.717, 1.165) is 24.8 Å². The van der Waals surface area contributed by atoms with Crippen molar-refractivity contribution in [1.82, 2.24) is 0 Å². The largest absolute Gasteiger partial charge is 0.383 e. The lowest BCUT2D eigenvalue weighted by atomic mass is 10.1. The number of benzene rings is 2. The first-order chi connectivity index (χ1) is 15.1. The molecule has 0 aliphatic heterocycles. The number of allylic oxidation sites excluding steroid dienone is 2. The van der Waals surface area contributed by atoms with Crippen molar-refractivity contribution in [2.24, 2.45) is 0 Å². The Bertz CT molecular complexity index is 1420. The second-order valence-electron chi connectivity index (χ2n) is 6.68. The topological polar surface area (TPSA) is 147 Å². The fourth-order valence-electron chi connectivity index (χ4n) is 2.38. The number of carbonyl (C=O) groups excluding carboxylic acids is 1. The van der Waals surface area contributed by atoms with Gasteiger partial charge in [0.1, 0.15) is 5.75 Å². The van der Waals surface area contributed by atoms with E-state index in [9.17, 15) is 30.0 Å². The second-order valence-corrected chi connectivity index (χ2v) is 11.4. The molecule has 0 fully saturated rings. The van der Waals surface area contributed by atoms with Gasteiger partial charge in [-0.1, -0.05) is 30.3 Å². The van der Waals surface area contributed by atoms with Crippen LogP contribution in [0.1, 0.15) is 11.1 Å². The Balaban J connectivity index is 2.29. The predicted octanol–water partition coefficient (Wildman–Crippen LogP) is 2.00. The minimum atomic E-state index is -4.04. The fourth-order valence-corrected chi connectivity index (χ4v) is 3.78. The first-order valence-electron chi connectivity index (χ1n) is 8.93. The molecule has 0 heterocycles. The maximum atomic E-state index is 12.2. The van der Waals surface area contributed by atoms with Crippen molar-refractivity contribution in [3.8, 4) is 17.2 Å². The van der Waals surface area contributed by atoms with Crippen LogP contribution in [0.2, 0.25) is 0 Å². The number of hydrogen-bond acceptors (Lipinski definition) is 10. The van der Waals surface area contributed by atoms with E-state index in [1.54, 1.807) is 12.1 Å². The molecule has 2 aromatic carbocycles. The van der Waals surface area contributed by atoms with Crippen LogP contribution < -0.4 is 12.5 Å². The van der Waals surface area contributed by atoms with E-state index in [1.807, 2.05) is 0 Å². The van der Waals surface area contributed by atoms with E-state index < -0.39 is 41.9 Å². The van der Waals surface area contributed by atoms with Gasteiger partial charge >= 0.3 is 30.4 Å². The zero-order valence-electron chi connectivity index (χ0n) is 17.7. The summed E-state index contributed by atoms with van der Waals surface area (Å²) in [6, 6.07) is 10.0. The average molecular weight is 517 g/mol. The van der Waals surface area contributed by atoms with Crippen molar-refractivity contribution >= 4 is 48.3 Å². The lowest BCUT2D eigenvalue weighted by Crippen LogP contribution is -2.11. The molecule has 0 bridgehead atoms. The van der Waals surface area contributed by atoms with Gasteiger partial charge in [0, 0.05) is 5.56 Å². The van der Waals surface area contributed by atoms with Gasteiger partial charge in [-0.3, -0.25) is 4.79 Å². The Morgan fingerprint density at radius 2 is 1.30 bits per heavy atom. The summed E-state index contributed by atoms with van der Waals surface area (Å²) >= 11 is 0. The van der Waals surface area contributed by atoms with Crippen LogP contribution in [-0.2, 0) is 35.1 Å². The standard InChI is InChI=1S/C20H20O10S3/c1-31(22,23)28-18-8-4-6-15(14-18)10-12-17(21)13-11-16-7-5-9-19(29-32(2,24)25)20(16)30-33(3,26)27/h4-14H,1-3H3/b12-10+,13-11+. The van der Waals surface area contributed by atoms with Crippen molar-refractivity contribution in [1.29, 1.82) is 0 Å². The summed E-state index contributed by atoms with van der Waals surface area (Å²) in [5, 5.41) is 0. The molecule has 0 spiro atoms. The lowest BCUT2D eigenvalue weighted by molar-refractivity contribution is -0.110. The number of para-hydroxylation sites is 1. The smallest absolute Gasteiger partial charge is 0.306 e. The Hall–Kier alpha value is -3.16. The summed E-state index contributed by atoms with van der Waals surface area (Å²) in [5.74, 6) is -1.20. The maximum Gasteiger partial charge on any atom is 0.306 e. The molecule has 13 heteroatoms. The SMILES string of the molecule is CS(=O)(=O)Oc1cccc(/C=C/C(=O)/C=C/c2cccc(OS(C)(=O)=O)c2OS(C)(=O)=O)c1. The third-order valence-electron chi connectivity index (χ3n) is 3.46. The van der Waals surface area contributed by atoms with Gasteiger partial charge in [-0.2, -0.15) is 25.3 Å². The van der Waals surface area contributed by atoms with Crippen molar-refractivity contribution in [3.63, 3.8) is 0 Å². The van der Waals surface area contributed by atoms with Gasteiger partial charge in [0.15, 0.2) is 17.3 Å². The van der Waals surface area contributed by atoms with Crippen molar-refractivity contribution in [2.75, 3.05) is 18.8 Å². The van der Waals surface area contributed by atoms with Crippen LogP contribution in [0.15, 0.2) is 54.6 Å². The van der Waals surface area contributed by atoms with Crippen LogP contribution in [0.25, 0.3) is 12.2 Å². The highest BCUT2D eigenvalue weighted by Gasteiger charge is 2.18. The van der Waals surface area contributed by atoms with E-state index in [0.29, 0.717) is 5.56 Å². The summed E-state index contributed by atoms with van der Waals surface area (Å²) in [5.41, 5.74) is 0.564. The first-order valence-corrected chi connectivity index (χ1v) is 14.4. The molecule has 2 aromatic rings. The highest BCUT2D eigenvalue weighted by atomic mass is 32.2. The number of ketones is 1. The van der Waals surface area contributed by atoms with Gasteiger partial charge < -0.3 is 12.5 Å². The molecule has 0 aliphatic rings. The number of carbonyl (C=O) groups is 1. The summed E-state index contributed by atoms with van der Waals surface area (Å²) in [4.78, 5) is 12.2. The first kappa shape index (κ1) is 26.1. The molecular formula is C20H20O10S3. The molecule has 0 unspecified atom stereocenters. The fraction of sp³-hybridized carbons (Fsp3) is 0.150. The molecule has 10 nitrogen and oxygen atoms in total. The zero-order chi connectivity index (χ0) is 24.9. The predicted molar refractivity (Wildman–Crippen MR) is 122 cm³/mol. The van der Waals surface area contributed by atoms with Crippen molar-refractivity contribution < 1.29 is 42.6 Å². The van der Waals surface area contributed by atoms with Crippen LogP contribution in [0, 0.1) is 0 Å². The molecule has 0 aromatic heterocycles. The second kappa shape index (κ2) is 10.2. The molecule has 0 saturated carbocycles. The number of hydrogen-bond donors (Lipinski definition) is 0. The Labute approximate surface area is 192 Å². The minimum Gasteiger partial charge on any atom is -0.383 e. The van der Waals surface area contributed by atoms with Gasteiger partial charge in [-0.25, -0.2) is 0 Å². The van der Waals surface area contributed by atoms with Crippen LogP contribution >= 0.6 is 0 Å². The van der Waals surface area contributed by atoms with E-state index >= 15 is 0 Å². The van der Waals surface area contributed by atoms with Gasteiger partial charge in [0.2, 0.25) is 0 Å². The highest BCUT2D eigenvalue weighted by molar-refractivity contribution is 7.86. The molecule has 0 atom stereocenters. The molecular weight excluding hydrogens is 496 g/mol. The summed E-state index contributed by atoms with van der Waals surface area (Å²) < 4.78 is 83.0. The van der Waals surface area contributed by atoms with Gasteiger partial charge in [-0.15, -0.1) is 0 Å². The van der Waals surface area contributed by atoms with Crippen LogP contribution in [0.5, 0.6) is 17.2 Å². The normalized spacial score (nSPS) is 12.7.